The first-order valence-electron chi connectivity index (χ1n) is 11.5. The van der Waals surface area contributed by atoms with Crippen molar-refractivity contribution in [1.82, 2.24) is 10.2 Å². The van der Waals surface area contributed by atoms with E-state index in [1.165, 1.54) is 12.1 Å². The van der Waals surface area contributed by atoms with E-state index in [4.69, 9.17) is 13.7 Å². The highest BCUT2D eigenvalue weighted by Crippen LogP contribution is 2.45. The zero-order chi connectivity index (χ0) is 26.9. The lowest BCUT2D eigenvalue weighted by Crippen LogP contribution is -2.53. The van der Waals surface area contributed by atoms with E-state index >= 15 is 0 Å². The molecule has 1 aliphatic carbocycles. The van der Waals surface area contributed by atoms with Gasteiger partial charge in [-0.1, -0.05) is 22.0 Å². The summed E-state index contributed by atoms with van der Waals surface area (Å²) in [6.07, 6.45) is -0.0314. The van der Waals surface area contributed by atoms with E-state index < -0.39 is 51.4 Å². The van der Waals surface area contributed by atoms with Gasteiger partial charge >= 0.3 is 12.1 Å². The molecule has 2 fully saturated rings. The molecule has 36 heavy (non-hydrogen) atoms. The number of rotatable bonds is 8. The van der Waals surface area contributed by atoms with Crippen LogP contribution in [-0.2, 0) is 33.4 Å². The summed E-state index contributed by atoms with van der Waals surface area (Å²) in [6, 6.07) is 4.77. The lowest BCUT2D eigenvalue weighted by atomic mass is 10.1. The number of amides is 2. The summed E-state index contributed by atoms with van der Waals surface area (Å²) in [4.78, 5) is 40.0. The molecule has 0 unspecified atom stereocenters. The Morgan fingerprint density at radius 2 is 1.89 bits per heavy atom. The van der Waals surface area contributed by atoms with Gasteiger partial charge in [0.1, 0.15) is 17.2 Å². The maximum atomic E-state index is 13.4. The fourth-order valence-electron chi connectivity index (χ4n) is 4.04. The predicted molar refractivity (Wildman–Crippen MR) is 133 cm³/mol. The number of likely N-dealkylation sites (tertiary alicyclic amines) is 1. The molecular formula is C24H31BrN2O8S. The van der Waals surface area contributed by atoms with Crippen LogP contribution in [0.25, 0.3) is 0 Å². The predicted octanol–water partition coefficient (Wildman–Crippen LogP) is 3.16. The first-order chi connectivity index (χ1) is 16.7. The molecule has 1 saturated heterocycles. The molecule has 2 amide bonds. The molecule has 0 bridgehead atoms. The van der Waals surface area contributed by atoms with Gasteiger partial charge in [-0.2, -0.15) is 8.42 Å². The van der Waals surface area contributed by atoms with Crippen molar-refractivity contribution in [3.63, 3.8) is 0 Å². The zero-order valence-corrected chi connectivity index (χ0v) is 23.1. The minimum atomic E-state index is -4.17. The molecule has 1 N–H and O–H groups in total. The highest BCUT2D eigenvalue weighted by molar-refractivity contribution is 9.10. The second-order valence-corrected chi connectivity index (χ2v) is 12.2. The van der Waals surface area contributed by atoms with Gasteiger partial charge in [0.25, 0.3) is 10.1 Å². The molecule has 1 aromatic rings. The van der Waals surface area contributed by atoms with Crippen molar-refractivity contribution in [2.24, 2.45) is 5.92 Å². The summed E-state index contributed by atoms with van der Waals surface area (Å²) >= 11 is 3.25. The number of nitrogens with one attached hydrogen (secondary N) is 1. The molecule has 12 heteroatoms. The fraction of sp³-hybridized carbons (Fsp3) is 0.542. The zero-order valence-electron chi connectivity index (χ0n) is 20.7. The normalized spacial score (nSPS) is 25.7. The van der Waals surface area contributed by atoms with Gasteiger partial charge < -0.3 is 14.8 Å². The Hall–Kier alpha value is -2.44. The number of ether oxygens (including phenoxy) is 2. The van der Waals surface area contributed by atoms with Crippen molar-refractivity contribution < 1.29 is 36.5 Å². The van der Waals surface area contributed by atoms with Gasteiger partial charge in [0.05, 0.1) is 24.2 Å². The van der Waals surface area contributed by atoms with E-state index in [9.17, 15) is 22.8 Å². The van der Waals surface area contributed by atoms with Crippen LogP contribution in [0.2, 0.25) is 0 Å². The second-order valence-electron chi connectivity index (χ2n) is 9.74. The van der Waals surface area contributed by atoms with Crippen LogP contribution in [0.5, 0.6) is 0 Å². The number of benzene rings is 1. The van der Waals surface area contributed by atoms with Gasteiger partial charge in [0.2, 0.25) is 5.91 Å². The SMILES string of the molecule is C=C[C@@H]1C[C@]1(NC(=O)[C@@H]1C[C@H](OS(=O)(=O)c2ccc(Br)cc2)CN1C(=O)OC(C)(C)C)C(=O)OCC. The van der Waals surface area contributed by atoms with Gasteiger partial charge in [-0.3, -0.25) is 13.9 Å². The van der Waals surface area contributed by atoms with Crippen LogP contribution < -0.4 is 5.32 Å². The third-order valence-corrected chi connectivity index (χ3v) is 7.75. The van der Waals surface area contributed by atoms with E-state index in [0.717, 1.165) is 4.90 Å². The Bertz CT molecular complexity index is 1130. The average Bonchev–Trinajstić information content (AvgIpc) is 3.33. The summed E-state index contributed by atoms with van der Waals surface area (Å²) < 4.78 is 42.3. The number of halogens is 1. The van der Waals surface area contributed by atoms with Crippen LogP contribution in [0.1, 0.15) is 40.5 Å². The molecule has 0 radical (unpaired) electrons. The Labute approximate surface area is 219 Å². The number of nitrogens with zero attached hydrogens (tertiary/aromatic N) is 1. The molecular weight excluding hydrogens is 556 g/mol. The van der Waals surface area contributed by atoms with Crippen molar-refractivity contribution in [3.05, 3.63) is 41.4 Å². The maximum absolute atomic E-state index is 13.4. The van der Waals surface area contributed by atoms with Crippen LogP contribution >= 0.6 is 15.9 Å². The number of hydrogen-bond donors (Lipinski definition) is 1. The molecule has 1 heterocycles. The smallest absolute Gasteiger partial charge is 0.411 e. The van der Waals surface area contributed by atoms with E-state index in [0.29, 0.717) is 10.9 Å². The second kappa shape index (κ2) is 10.5. The van der Waals surface area contributed by atoms with E-state index in [2.05, 4.69) is 27.8 Å². The standard InChI is InChI=1S/C24H31BrN2O8S/c1-6-15-13-24(15,21(29)33-7-2)26-20(28)19-12-17(14-27(19)22(30)34-23(3,4)5)35-36(31,32)18-10-8-16(25)9-11-18/h6,8-11,15,17,19H,1,7,12-14H2,2-5H3,(H,26,28)/t15-,17+,19+,24-/m1/s1. The highest BCUT2D eigenvalue weighted by atomic mass is 79.9. The van der Waals surface area contributed by atoms with Gasteiger partial charge in [-0.25, -0.2) is 9.59 Å². The molecule has 1 aromatic carbocycles. The quantitative estimate of drug-likeness (QED) is 0.279. The third kappa shape index (κ3) is 6.27. The van der Waals surface area contributed by atoms with Crippen LogP contribution in [0, 0.1) is 5.92 Å². The molecule has 3 rings (SSSR count). The Balaban J connectivity index is 1.82. The first kappa shape index (κ1) is 28.1. The highest BCUT2D eigenvalue weighted by Gasteiger charge is 2.62. The topological polar surface area (TPSA) is 128 Å². The number of hydrogen-bond acceptors (Lipinski definition) is 8. The lowest BCUT2D eigenvalue weighted by molar-refractivity contribution is -0.149. The minimum absolute atomic E-state index is 0.0597. The summed E-state index contributed by atoms with van der Waals surface area (Å²) in [5, 5.41) is 2.72. The number of carbonyl (C=O) groups is 3. The van der Waals surface area contributed by atoms with Crippen molar-refractivity contribution in [3.8, 4) is 0 Å². The summed E-state index contributed by atoms with van der Waals surface area (Å²) in [7, 11) is -4.17. The molecule has 0 spiro atoms. The van der Waals surface area contributed by atoms with Crippen molar-refractivity contribution in [2.75, 3.05) is 13.2 Å². The Morgan fingerprint density at radius 1 is 1.25 bits per heavy atom. The van der Waals surface area contributed by atoms with Crippen LogP contribution in [0.3, 0.4) is 0 Å². The molecule has 0 aromatic heterocycles. The average molecular weight is 587 g/mol. The van der Waals surface area contributed by atoms with Gasteiger partial charge in [-0.05, 0) is 58.4 Å². The van der Waals surface area contributed by atoms with Gasteiger partial charge in [0.15, 0.2) is 0 Å². The maximum Gasteiger partial charge on any atom is 0.411 e. The van der Waals surface area contributed by atoms with Crippen LogP contribution in [0.15, 0.2) is 46.3 Å². The first-order valence-corrected chi connectivity index (χ1v) is 13.7. The molecule has 198 valence electrons. The van der Waals surface area contributed by atoms with Crippen molar-refractivity contribution >= 4 is 44.0 Å². The van der Waals surface area contributed by atoms with E-state index in [1.807, 2.05) is 0 Å². The third-order valence-electron chi connectivity index (χ3n) is 5.84. The number of carbonyl (C=O) groups excluding carboxylic acids is 3. The lowest BCUT2D eigenvalue weighted by Gasteiger charge is -2.29. The number of esters is 1. The Morgan fingerprint density at radius 3 is 2.42 bits per heavy atom. The fourth-order valence-corrected chi connectivity index (χ4v) is 5.38. The van der Waals surface area contributed by atoms with Gasteiger partial charge in [0, 0.05) is 16.8 Å². The van der Waals surface area contributed by atoms with Crippen LogP contribution in [0.4, 0.5) is 4.79 Å². The van der Waals surface area contributed by atoms with Crippen molar-refractivity contribution in [1.29, 1.82) is 0 Å². The minimum Gasteiger partial charge on any atom is -0.464 e. The molecule has 10 nitrogen and oxygen atoms in total. The Kier molecular flexibility index (Phi) is 8.21. The summed E-state index contributed by atoms with van der Waals surface area (Å²) in [5.74, 6) is -1.54. The summed E-state index contributed by atoms with van der Waals surface area (Å²) in [6.45, 7) is 10.3. The van der Waals surface area contributed by atoms with Crippen molar-refractivity contribution in [2.45, 2.75) is 68.7 Å². The van der Waals surface area contributed by atoms with E-state index in [1.54, 1.807) is 45.9 Å². The van der Waals surface area contributed by atoms with Gasteiger partial charge in [-0.15, -0.1) is 6.58 Å². The summed E-state index contributed by atoms with van der Waals surface area (Å²) in [5.41, 5.74) is -2.12. The monoisotopic (exact) mass is 586 g/mol. The molecule has 4 atom stereocenters. The molecule has 2 aliphatic rings. The van der Waals surface area contributed by atoms with Crippen LogP contribution in [-0.4, -0.2) is 67.7 Å². The molecule has 1 saturated carbocycles. The van der Waals surface area contributed by atoms with E-state index in [-0.39, 0.29) is 30.4 Å². The molecule has 1 aliphatic heterocycles. The largest absolute Gasteiger partial charge is 0.464 e.